The maximum absolute atomic E-state index is 13.0. The van der Waals surface area contributed by atoms with Crippen LogP contribution in [0.4, 0.5) is 4.39 Å². The van der Waals surface area contributed by atoms with Crippen LogP contribution in [0.5, 0.6) is 11.5 Å². The van der Waals surface area contributed by atoms with Crippen LogP contribution < -0.4 is 9.47 Å². The molecule has 1 unspecified atom stereocenters. The second-order valence-electron chi connectivity index (χ2n) is 5.62. The Morgan fingerprint density at radius 1 is 1.12 bits per heavy atom. The number of likely N-dealkylation sites (N-methyl/N-ethyl adjacent to an activating group) is 1. The topological polar surface area (TPSA) is 38.8 Å². The monoisotopic (exact) mass is 343 g/mol. The number of halogens is 1. The number of carbonyl (C=O) groups is 1. The van der Waals surface area contributed by atoms with Crippen LogP contribution in [0.1, 0.15) is 24.1 Å². The summed E-state index contributed by atoms with van der Waals surface area (Å²) in [6, 6.07) is 11.4. The van der Waals surface area contributed by atoms with Crippen molar-refractivity contribution in [1.29, 1.82) is 0 Å². The van der Waals surface area contributed by atoms with E-state index in [2.05, 4.69) is 0 Å². The minimum absolute atomic E-state index is 0.158. The van der Waals surface area contributed by atoms with Gasteiger partial charge in [-0.2, -0.15) is 0 Å². The van der Waals surface area contributed by atoms with Crippen LogP contribution in [0.3, 0.4) is 0 Å². The zero-order valence-corrected chi connectivity index (χ0v) is 14.8. The van der Waals surface area contributed by atoms with Gasteiger partial charge in [-0.25, -0.2) is 4.39 Å². The molecule has 25 heavy (non-hydrogen) atoms. The minimum atomic E-state index is -0.295. The van der Waals surface area contributed by atoms with Crippen molar-refractivity contribution in [3.8, 4) is 11.5 Å². The molecule has 2 aromatic rings. The first kappa shape index (κ1) is 18.5. The highest BCUT2D eigenvalue weighted by atomic mass is 19.1. The van der Waals surface area contributed by atoms with E-state index in [9.17, 15) is 9.18 Å². The molecular weight excluding hydrogens is 321 g/mol. The summed E-state index contributed by atoms with van der Waals surface area (Å²) in [4.78, 5) is 14.0. The van der Waals surface area contributed by atoms with Gasteiger partial charge >= 0.3 is 0 Å². The van der Waals surface area contributed by atoms with Crippen LogP contribution in [-0.2, 0) is 4.79 Å². The lowest BCUT2D eigenvalue weighted by Gasteiger charge is -2.24. The zero-order chi connectivity index (χ0) is 18.4. The first-order chi connectivity index (χ1) is 12.0. The first-order valence-electron chi connectivity index (χ1n) is 7.88. The second-order valence-corrected chi connectivity index (χ2v) is 5.62. The van der Waals surface area contributed by atoms with E-state index in [1.165, 1.54) is 18.2 Å². The average molecular weight is 343 g/mol. The minimum Gasteiger partial charge on any atom is -0.497 e. The highest BCUT2D eigenvalue weighted by Crippen LogP contribution is 2.26. The highest BCUT2D eigenvalue weighted by Gasteiger charge is 2.15. The molecule has 1 amide bonds. The van der Waals surface area contributed by atoms with Gasteiger partial charge in [-0.1, -0.05) is 12.1 Å². The molecule has 0 bridgehead atoms. The Labute approximate surface area is 147 Å². The van der Waals surface area contributed by atoms with Gasteiger partial charge in [0.1, 0.15) is 17.3 Å². The molecule has 0 spiro atoms. The Kier molecular flexibility index (Phi) is 6.17. The molecule has 0 radical (unpaired) electrons. The van der Waals surface area contributed by atoms with E-state index < -0.39 is 0 Å². The van der Waals surface area contributed by atoms with Crippen molar-refractivity contribution in [2.24, 2.45) is 0 Å². The smallest absolute Gasteiger partial charge is 0.246 e. The molecule has 1 atom stereocenters. The molecule has 2 aromatic carbocycles. The van der Waals surface area contributed by atoms with E-state index in [4.69, 9.17) is 9.47 Å². The van der Waals surface area contributed by atoms with Crippen molar-refractivity contribution in [3.05, 3.63) is 65.5 Å². The molecule has 2 rings (SSSR count). The summed E-state index contributed by atoms with van der Waals surface area (Å²) >= 11 is 0. The summed E-state index contributed by atoms with van der Waals surface area (Å²) in [6.07, 6.45) is 3.19. The number of amides is 1. The van der Waals surface area contributed by atoms with Crippen molar-refractivity contribution in [1.82, 2.24) is 4.90 Å². The fourth-order valence-corrected chi connectivity index (χ4v) is 2.39. The van der Waals surface area contributed by atoms with Crippen molar-refractivity contribution in [3.63, 3.8) is 0 Å². The molecule has 0 heterocycles. The number of hydrogen-bond acceptors (Lipinski definition) is 3. The summed E-state index contributed by atoms with van der Waals surface area (Å²) in [5.74, 6) is 0.853. The van der Waals surface area contributed by atoms with Crippen molar-refractivity contribution < 1.29 is 18.7 Å². The quantitative estimate of drug-likeness (QED) is 0.742. The SMILES string of the molecule is COc1ccc(/C=C/C(=O)N(C)C(C)c2ccc(F)cc2)c(OC)c1. The molecule has 0 aliphatic carbocycles. The largest absolute Gasteiger partial charge is 0.497 e. The van der Waals surface area contributed by atoms with Crippen LogP contribution in [0, 0.1) is 5.82 Å². The average Bonchev–Trinajstić information content (AvgIpc) is 2.65. The summed E-state index contributed by atoms with van der Waals surface area (Å²) in [6.45, 7) is 1.90. The second kappa shape index (κ2) is 8.33. The van der Waals surface area contributed by atoms with Gasteiger partial charge in [-0.15, -0.1) is 0 Å². The van der Waals surface area contributed by atoms with Crippen LogP contribution in [0.15, 0.2) is 48.5 Å². The number of ether oxygens (including phenoxy) is 2. The summed E-state index contributed by atoms with van der Waals surface area (Å²) in [5, 5.41) is 0. The number of hydrogen-bond donors (Lipinski definition) is 0. The van der Waals surface area contributed by atoms with Gasteiger partial charge in [0.25, 0.3) is 0 Å². The molecule has 0 aliphatic rings. The van der Waals surface area contributed by atoms with Gasteiger partial charge in [0.2, 0.25) is 5.91 Å². The summed E-state index contributed by atoms with van der Waals surface area (Å²) in [7, 11) is 4.86. The van der Waals surface area contributed by atoms with Crippen LogP contribution in [-0.4, -0.2) is 32.1 Å². The number of rotatable bonds is 6. The Morgan fingerprint density at radius 2 is 1.80 bits per heavy atom. The standard InChI is InChI=1S/C20H22FNO3/c1-14(15-5-9-17(21)10-6-15)22(2)20(23)12-8-16-7-11-18(24-3)13-19(16)25-4/h5-14H,1-4H3/b12-8+. The lowest BCUT2D eigenvalue weighted by atomic mass is 10.1. The fourth-order valence-electron chi connectivity index (χ4n) is 2.39. The van der Waals surface area contributed by atoms with E-state index in [1.807, 2.05) is 13.0 Å². The van der Waals surface area contributed by atoms with Gasteiger partial charge in [0.05, 0.1) is 20.3 Å². The Balaban J connectivity index is 2.12. The zero-order valence-electron chi connectivity index (χ0n) is 14.8. The third kappa shape index (κ3) is 4.59. The first-order valence-corrected chi connectivity index (χ1v) is 7.88. The number of benzene rings is 2. The van der Waals surface area contributed by atoms with E-state index in [1.54, 1.807) is 56.5 Å². The molecule has 0 fully saturated rings. The van der Waals surface area contributed by atoms with Gasteiger partial charge in [-0.05, 0) is 42.8 Å². The van der Waals surface area contributed by atoms with Crippen molar-refractivity contribution >= 4 is 12.0 Å². The molecule has 5 heteroatoms. The van der Waals surface area contributed by atoms with Crippen molar-refractivity contribution in [2.45, 2.75) is 13.0 Å². The van der Waals surface area contributed by atoms with Crippen LogP contribution >= 0.6 is 0 Å². The fraction of sp³-hybridized carbons (Fsp3) is 0.250. The van der Waals surface area contributed by atoms with E-state index in [-0.39, 0.29) is 17.8 Å². The number of nitrogens with zero attached hydrogens (tertiary/aromatic N) is 1. The summed E-state index contributed by atoms with van der Waals surface area (Å²) < 4.78 is 23.5. The van der Waals surface area contributed by atoms with E-state index >= 15 is 0 Å². The highest BCUT2D eigenvalue weighted by molar-refractivity contribution is 5.92. The van der Waals surface area contributed by atoms with Gasteiger partial charge in [0.15, 0.2) is 0 Å². The summed E-state index contributed by atoms with van der Waals surface area (Å²) in [5.41, 5.74) is 1.65. The molecule has 0 aromatic heterocycles. The number of methoxy groups -OCH3 is 2. The third-order valence-corrected chi connectivity index (χ3v) is 4.13. The number of carbonyl (C=O) groups excluding carboxylic acids is 1. The molecule has 0 aliphatic heterocycles. The molecular formula is C20H22FNO3. The van der Waals surface area contributed by atoms with Crippen LogP contribution in [0.25, 0.3) is 6.08 Å². The van der Waals surface area contributed by atoms with Crippen molar-refractivity contribution in [2.75, 3.05) is 21.3 Å². The van der Waals surface area contributed by atoms with Gasteiger partial charge in [-0.3, -0.25) is 4.79 Å². The van der Waals surface area contributed by atoms with Gasteiger partial charge in [0, 0.05) is 24.8 Å². The van der Waals surface area contributed by atoms with Crippen LogP contribution in [0.2, 0.25) is 0 Å². The molecule has 0 saturated heterocycles. The molecule has 0 saturated carbocycles. The Hall–Kier alpha value is -2.82. The lowest BCUT2D eigenvalue weighted by molar-refractivity contribution is -0.126. The lowest BCUT2D eigenvalue weighted by Crippen LogP contribution is -2.27. The molecule has 0 N–H and O–H groups in total. The molecule has 132 valence electrons. The van der Waals surface area contributed by atoms with E-state index in [0.29, 0.717) is 11.5 Å². The van der Waals surface area contributed by atoms with Gasteiger partial charge < -0.3 is 14.4 Å². The third-order valence-electron chi connectivity index (χ3n) is 4.13. The predicted octanol–water partition coefficient (Wildman–Crippen LogP) is 4.08. The molecule has 4 nitrogen and oxygen atoms in total. The maximum atomic E-state index is 13.0. The predicted molar refractivity (Wildman–Crippen MR) is 96.2 cm³/mol. The normalized spacial score (nSPS) is 12.0. The Bertz CT molecular complexity index is 756. The van der Waals surface area contributed by atoms with E-state index in [0.717, 1.165) is 11.1 Å². The Morgan fingerprint density at radius 3 is 2.40 bits per heavy atom. The maximum Gasteiger partial charge on any atom is 0.246 e.